The molecule has 0 radical (unpaired) electrons. The minimum atomic E-state index is -0.0623. The second-order valence-corrected chi connectivity index (χ2v) is 7.24. The van der Waals surface area contributed by atoms with Crippen LogP contribution in [-0.4, -0.2) is 54.4 Å². The number of benzene rings is 1. The summed E-state index contributed by atoms with van der Waals surface area (Å²) in [5, 5.41) is 6.86. The van der Waals surface area contributed by atoms with Crippen LogP contribution in [0, 0.1) is 0 Å². The van der Waals surface area contributed by atoms with Gasteiger partial charge in [0.1, 0.15) is 5.75 Å². The van der Waals surface area contributed by atoms with Crippen molar-refractivity contribution in [1.29, 1.82) is 0 Å². The quantitative estimate of drug-likeness (QED) is 0.292. The molecule has 1 aromatic heterocycles. The summed E-state index contributed by atoms with van der Waals surface area (Å²) in [4.78, 5) is 24.7. The number of nitrogens with one attached hydrogen (secondary N) is 1. The molecule has 0 spiro atoms. The molecule has 0 fully saturated rings. The average Bonchev–Trinajstić information content (AvgIpc) is 2.83. The van der Waals surface area contributed by atoms with Gasteiger partial charge < -0.3 is 15.0 Å². The summed E-state index contributed by atoms with van der Waals surface area (Å²) in [7, 11) is 1.62. The Morgan fingerprint density at radius 3 is 2.62 bits per heavy atom. The maximum absolute atomic E-state index is 12.4. The fourth-order valence-electron chi connectivity index (χ4n) is 3.34. The Morgan fingerprint density at radius 2 is 2.03 bits per heavy atom. The summed E-state index contributed by atoms with van der Waals surface area (Å²) < 4.78 is 6.69. The van der Waals surface area contributed by atoms with Gasteiger partial charge in [0.15, 0.2) is 0 Å². The van der Waals surface area contributed by atoms with Crippen molar-refractivity contribution >= 4 is 6.41 Å². The number of aromatic nitrogens is 2. The van der Waals surface area contributed by atoms with Gasteiger partial charge in [0, 0.05) is 24.2 Å². The number of allylic oxidation sites excluding steroid dienone is 1. The Bertz CT molecular complexity index is 880. The SMILES string of the molecule is C=CCc1c(-c2cccc(OC)c2)cnn(CC)c1=O.CCCN(CC)CCCNC=O. The molecule has 7 heteroatoms. The predicted octanol–water partition coefficient (Wildman–Crippen LogP) is 3.52. The number of hydrogen-bond donors (Lipinski definition) is 1. The summed E-state index contributed by atoms with van der Waals surface area (Å²) in [6.45, 7) is 14.7. The highest BCUT2D eigenvalue weighted by Gasteiger charge is 2.12. The number of amides is 1. The number of hydrogen-bond acceptors (Lipinski definition) is 5. The Hall–Kier alpha value is -2.93. The molecule has 1 amide bonds. The van der Waals surface area contributed by atoms with Crippen LogP contribution < -0.4 is 15.6 Å². The summed E-state index contributed by atoms with van der Waals surface area (Å²) >= 11 is 0. The van der Waals surface area contributed by atoms with Crippen LogP contribution in [0.4, 0.5) is 0 Å². The molecule has 0 atom stereocenters. The molecule has 1 heterocycles. The van der Waals surface area contributed by atoms with Crippen molar-refractivity contribution in [2.45, 2.75) is 46.6 Å². The van der Waals surface area contributed by atoms with E-state index in [-0.39, 0.29) is 5.56 Å². The van der Waals surface area contributed by atoms with Gasteiger partial charge in [-0.25, -0.2) is 4.68 Å². The number of methoxy groups -OCH3 is 1. The van der Waals surface area contributed by atoms with Crippen LogP contribution in [0.3, 0.4) is 0 Å². The molecule has 0 aliphatic rings. The van der Waals surface area contributed by atoms with Gasteiger partial charge in [0.25, 0.3) is 5.56 Å². The molecular weight excluding hydrogens is 404 g/mol. The van der Waals surface area contributed by atoms with Gasteiger partial charge in [-0.1, -0.05) is 32.1 Å². The van der Waals surface area contributed by atoms with Gasteiger partial charge in [-0.15, -0.1) is 6.58 Å². The molecule has 32 heavy (non-hydrogen) atoms. The van der Waals surface area contributed by atoms with E-state index in [1.807, 2.05) is 31.2 Å². The molecule has 0 aliphatic carbocycles. The summed E-state index contributed by atoms with van der Waals surface area (Å²) in [5.41, 5.74) is 2.41. The van der Waals surface area contributed by atoms with E-state index in [1.54, 1.807) is 19.4 Å². The van der Waals surface area contributed by atoms with E-state index in [0.717, 1.165) is 55.9 Å². The fraction of sp³-hybridized carbons (Fsp3) is 0.480. The first-order chi connectivity index (χ1) is 15.6. The zero-order chi connectivity index (χ0) is 23.8. The topological polar surface area (TPSA) is 76.5 Å². The standard InChI is InChI=1S/C16H18N2O2.C9H20N2O/c1-4-7-14-15(11-17-18(5-2)16(14)19)12-8-6-9-13(10-12)20-3;1-3-7-11(4-2)8-5-6-10-9-12/h4,6,8-11H,1,5,7H2,2-3H3;9H,3-8H2,1-2H3,(H,10,12). The summed E-state index contributed by atoms with van der Waals surface area (Å²) in [5.74, 6) is 0.756. The van der Waals surface area contributed by atoms with E-state index in [0.29, 0.717) is 18.5 Å². The minimum Gasteiger partial charge on any atom is -0.497 e. The van der Waals surface area contributed by atoms with E-state index < -0.39 is 0 Å². The third kappa shape index (κ3) is 8.67. The summed E-state index contributed by atoms with van der Waals surface area (Å²) in [6, 6.07) is 7.62. The molecular formula is C25H38N4O3. The normalized spacial score (nSPS) is 10.3. The zero-order valence-electron chi connectivity index (χ0n) is 20.0. The van der Waals surface area contributed by atoms with E-state index in [1.165, 1.54) is 11.1 Å². The third-order valence-electron chi connectivity index (χ3n) is 5.04. The van der Waals surface area contributed by atoms with Gasteiger partial charge in [-0.2, -0.15) is 5.10 Å². The van der Waals surface area contributed by atoms with Crippen molar-refractivity contribution in [3.63, 3.8) is 0 Å². The smallest absolute Gasteiger partial charge is 0.270 e. The maximum atomic E-state index is 12.4. The zero-order valence-corrected chi connectivity index (χ0v) is 20.0. The van der Waals surface area contributed by atoms with E-state index in [2.05, 4.69) is 35.7 Å². The highest BCUT2D eigenvalue weighted by molar-refractivity contribution is 5.67. The number of aryl methyl sites for hydroxylation is 1. The third-order valence-corrected chi connectivity index (χ3v) is 5.04. The van der Waals surface area contributed by atoms with Crippen LogP contribution in [0.25, 0.3) is 11.1 Å². The first kappa shape index (κ1) is 27.1. The molecule has 176 valence electrons. The van der Waals surface area contributed by atoms with Crippen LogP contribution in [0.1, 0.15) is 39.2 Å². The van der Waals surface area contributed by atoms with Gasteiger partial charge in [0.05, 0.1) is 13.3 Å². The van der Waals surface area contributed by atoms with E-state index in [4.69, 9.17) is 4.74 Å². The molecule has 0 bridgehead atoms. The minimum absolute atomic E-state index is 0.0623. The Labute approximate surface area is 192 Å². The molecule has 1 N–H and O–H groups in total. The van der Waals surface area contributed by atoms with E-state index in [9.17, 15) is 9.59 Å². The lowest BCUT2D eigenvalue weighted by Gasteiger charge is -2.18. The van der Waals surface area contributed by atoms with Gasteiger partial charge in [-0.05, 0) is 63.5 Å². The van der Waals surface area contributed by atoms with Crippen molar-refractivity contribution in [2.75, 3.05) is 33.3 Å². The van der Waals surface area contributed by atoms with Crippen LogP contribution in [0.5, 0.6) is 5.75 Å². The Balaban J connectivity index is 0.000000368. The largest absolute Gasteiger partial charge is 0.497 e. The number of rotatable bonds is 13. The predicted molar refractivity (Wildman–Crippen MR) is 131 cm³/mol. The lowest BCUT2D eigenvalue weighted by atomic mass is 10.0. The van der Waals surface area contributed by atoms with Gasteiger partial charge >= 0.3 is 0 Å². The molecule has 2 aromatic rings. The molecule has 7 nitrogen and oxygen atoms in total. The van der Waals surface area contributed by atoms with Crippen LogP contribution >= 0.6 is 0 Å². The van der Waals surface area contributed by atoms with Gasteiger partial charge in [-0.3, -0.25) is 9.59 Å². The molecule has 0 saturated heterocycles. The second-order valence-electron chi connectivity index (χ2n) is 7.24. The Morgan fingerprint density at radius 1 is 1.25 bits per heavy atom. The van der Waals surface area contributed by atoms with Crippen molar-refractivity contribution < 1.29 is 9.53 Å². The van der Waals surface area contributed by atoms with Crippen LogP contribution in [-0.2, 0) is 17.8 Å². The molecule has 1 aromatic carbocycles. The monoisotopic (exact) mass is 442 g/mol. The van der Waals surface area contributed by atoms with E-state index >= 15 is 0 Å². The molecule has 0 aliphatic heterocycles. The summed E-state index contributed by atoms with van der Waals surface area (Å²) in [6.07, 6.45) is 7.00. The number of carbonyl (C=O) groups excluding carboxylic acids is 1. The molecule has 2 rings (SSSR count). The fourth-order valence-corrected chi connectivity index (χ4v) is 3.34. The van der Waals surface area contributed by atoms with Crippen LogP contribution in [0.2, 0.25) is 0 Å². The molecule has 0 saturated carbocycles. The van der Waals surface area contributed by atoms with Crippen molar-refractivity contribution in [2.24, 2.45) is 0 Å². The van der Waals surface area contributed by atoms with Crippen LogP contribution in [0.15, 0.2) is 47.9 Å². The highest BCUT2D eigenvalue weighted by atomic mass is 16.5. The highest BCUT2D eigenvalue weighted by Crippen LogP contribution is 2.25. The number of nitrogens with zero attached hydrogens (tertiary/aromatic N) is 3. The van der Waals surface area contributed by atoms with Crippen molar-refractivity contribution in [1.82, 2.24) is 20.0 Å². The first-order valence-corrected chi connectivity index (χ1v) is 11.3. The number of carbonyl (C=O) groups is 1. The van der Waals surface area contributed by atoms with Gasteiger partial charge in [0.2, 0.25) is 6.41 Å². The lowest BCUT2D eigenvalue weighted by Crippen LogP contribution is -2.27. The molecule has 0 unspecified atom stereocenters. The van der Waals surface area contributed by atoms with Crippen molar-refractivity contribution in [3.05, 3.63) is 59.0 Å². The lowest BCUT2D eigenvalue weighted by molar-refractivity contribution is -0.109. The Kier molecular flexibility index (Phi) is 13.4. The second kappa shape index (κ2) is 15.8. The maximum Gasteiger partial charge on any atom is 0.270 e. The first-order valence-electron chi connectivity index (χ1n) is 11.3. The van der Waals surface area contributed by atoms with Crippen molar-refractivity contribution in [3.8, 4) is 16.9 Å². The number of ether oxygens (including phenoxy) is 1. The average molecular weight is 443 g/mol.